The maximum Gasteiger partial charge on any atom is 0.256 e. The highest BCUT2D eigenvalue weighted by atomic mass is 16.2. The van der Waals surface area contributed by atoms with Crippen LogP contribution in [0.25, 0.3) is 10.8 Å². The minimum atomic E-state index is -0.179. The van der Waals surface area contributed by atoms with Gasteiger partial charge in [-0.3, -0.25) is 9.59 Å². The third-order valence-corrected chi connectivity index (χ3v) is 7.61. The van der Waals surface area contributed by atoms with Crippen LogP contribution in [0.2, 0.25) is 0 Å². The molecule has 37 heavy (non-hydrogen) atoms. The Morgan fingerprint density at radius 2 is 1.46 bits per heavy atom. The smallest absolute Gasteiger partial charge is 0.256 e. The zero-order chi connectivity index (χ0) is 25.2. The standard InChI is InChI=1S/C32H31N3O2/c36-31(26-13-12-23-8-2-4-10-25(23)20-26)33-28-14-15-30(29(21-28)32(37)34-17-6-1-7-18-34)35-19-16-24-9-3-5-11-27(24)22-35/h2-5,8-15,20-21H,1,6-7,16-19,22H2,(H,33,36). The minimum Gasteiger partial charge on any atom is -0.366 e. The zero-order valence-electron chi connectivity index (χ0n) is 21.0. The van der Waals surface area contributed by atoms with Gasteiger partial charge in [0.05, 0.1) is 5.56 Å². The second-order valence-electron chi connectivity index (χ2n) is 10.0. The Balaban J connectivity index is 1.31. The van der Waals surface area contributed by atoms with Crippen LogP contribution < -0.4 is 10.2 Å². The van der Waals surface area contributed by atoms with Crippen molar-refractivity contribution in [2.75, 3.05) is 29.9 Å². The van der Waals surface area contributed by atoms with Crippen molar-refractivity contribution < 1.29 is 9.59 Å². The van der Waals surface area contributed by atoms with E-state index >= 15 is 0 Å². The average molecular weight is 490 g/mol. The summed E-state index contributed by atoms with van der Waals surface area (Å²) in [6, 6.07) is 28.0. The van der Waals surface area contributed by atoms with Crippen LogP contribution in [-0.2, 0) is 13.0 Å². The number of nitrogens with one attached hydrogen (secondary N) is 1. The van der Waals surface area contributed by atoms with Crippen molar-refractivity contribution >= 4 is 34.0 Å². The molecule has 186 valence electrons. The van der Waals surface area contributed by atoms with E-state index in [2.05, 4.69) is 34.5 Å². The van der Waals surface area contributed by atoms with E-state index in [1.807, 2.05) is 65.6 Å². The van der Waals surface area contributed by atoms with E-state index in [0.717, 1.165) is 61.9 Å². The first kappa shape index (κ1) is 23.3. The number of anilines is 2. The van der Waals surface area contributed by atoms with Crippen molar-refractivity contribution in [1.29, 1.82) is 0 Å². The lowest BCUT2D eigenvalue weighted by atomic mass is 9.98. The summed E-state index contributed by atoms with van der Waals surface area (Å²) in [6.07, 6.45) is 4.20. The molecular formula is C32H31N3O2. The Hall–Kier alpha value is -4.12. The largest absolute Gasteiger partial charge is 0.366 e. The summed E-state index contributed by atoms with van der Waals surface area (Å²) in [7, 11) is 0. The molecule has 5 heteroatoms. The number of hydrogen-bond donors (Lipinski definition) is 1. The summed E-state index contributed by atoms with van der Waals surface area (Å²) in [5, 5.41) is 5.16. The summed E-state index contributed by atoms with van der Waals surface area (Å²) >= 11 is 0. The van der Waals surface area contributed by atoms with Gasteiger partial charge < -0.3 is 15.1 Å². The fraction of sp³-hybridized carbons (Fsp3) is 0.250. The van der Waals surface area contributed by atoms with E-state index in [4.69, 9.17) is 0 Å². The zero-order valence-corrected chi connectivity index (χ0v) is 21.0. The topological polar surface area (TPSA) is 52.7 Å². The Bertz CT molecular complexity index is 1470. The van der Waals surface area contributed by atoms with E-state index in [9.17, 15) is 9.59 Å². The summed E-state index contributed by atoms with van der Waals surface area (Å²) in [5.41, 5.74) is 5.52. The molecule has 2 aliphatic rings. The molecule has 2 heterocycles. The van der Waals surface area contributed by atoms with Crippen molar-refractivity contribution in [1.82, 2.24) is 4.90 Å². The molecule has 2 amide bonds. The van der Waals surface area contributed by atoms with Gasteiger partial charge in [0.2, 0.25) is 0 Å². The van der Waals surface area contributed by atoms with Gasteiger partial charge in [-0.15, -0.1) is 0 Å². The number of rotatable bonds is 4. The lowest BCUT2D eigenvalue weighted by Gasteiger charge is -2.34. The van der Waals surface area contributed by atoms with Gasteiger partial charge in [-0.05, 0) is 77.9 Å². The van der Waals surface area contributed by atoms with Gasteiger partial charge in [0.15, 0.2) is 0 Å². The maximum absolute atomic E-state index is 13.7. The second-order valence-corrected chi connectivity index (χ2v) is 10.0. The van der Waals surface area contributed by atoms with E-state index in [1.165, 1.54) is 17.5 Å². The van der Waals surface area contributed by atoms with Gasteiger partial charge in [-0.1, -0.05) is 54.6 Å². The van der Waals surface area contributed by atoms with E-state index in [1.54, 1.807) is 0 Å². The normalized spacial score (nSPS) is 15.4. The molecule has 0 atom stereocenters. The third-order valence-electron chi connectivity index (χ3n) is 7.61. The van der Waals surface area contributed by atoms with Crippen LogP contribution in [0.4, 0.5) is 11.4 Å². The van der Waals surface area contributed by atoms with E-state index in [-0.39, 0.29) is 11.8 Å². The highest BCUT2D eigenvalue weighted by Crippen LogP contribution is 2.31. The number of amides is 2. The number of carbonyl (C=O) groups is 2. The third kappa shape index (κ3) is 4.82. The van der Waals surface area contributed by atoms with E-state index in [0.29, 0.717) is 16.8 Å². The van der Waals surface area contributed by atoms with Crippen molar-refractivity contribution in [3.63, 3.8) is 0 Å². The predicted octanol–water partition coefficient (Wildman–Crippen LogP) is 6.28. The number of hydrogen-bond acceptors (Lipinski definition) is 3. The summed E-state index contributed by atoms with van der Waals surface area (Å²) in [5.74, 6) is -0.128. The number of likely N-dealkylation sites (tertiary alicyclic amines) is 1. The van der Waals surface area contributed by atoms with Gasteiger partial charge in [-0.25, -0.2) is 0 Å². The summed E-state index contributed by atoms with van der Waals surface area (Å²) in [4.78, 5) is 31.2. The molecule has 1 N–H and O–H groups in total. The molecule has 0 unspecified atom stereocenters. The number of fused-ring (bicyclic) bond motifs is 2. The molecule has 4 aromatic carbocycles. The van der Waals surface area contributed by atoms with Gasteiger partial charge in [0, 0.05) is 43.1 Å². The molecule has 1 fully saturated rings. The molecule has 0 bridgehead atoms. The van der Waals surface area contributed by atoms with Crippen molar-refractivity contribution in [2.45, 2.75) is 32.2 Å². The van der Waals surface area contributed by atoms with Crippen LogP contribution in [0.1, 0.15) is 51.1 Å². The Morgan fingerprint density at radius 3 is 2.30 bits per heavy atom. The minimum absolute atomic E-state index is 0.0513. The number of piperidine rings is 1. The Kier molecular flexibility index (Phi) is 6.35. The van der Waals surface area contributed by atoms with E-state index < -0.39 is 0 Å². The average Bonchev–Trinajstić information content (AvgIpc) is 2.96. The molecule has 0 radical (unpaired) electrons. The van der Waals surface area contributed by atoms with Gasteiger partial charge in [0.1, 0.15) is 0 Å². The lowest BCUT2D eigenvalue weighted by molar-refractivity contribution is 0.0724. The van der Waals surface area contributed by atoms with Crippen molar-refractivity contribution in [2.24, 2.45) is 0 Å². The molecule has 0 spiro atoms. The van der Waals surface area contributed by atoms with Crippen LogP contribution in [0.15, 0.2) is 84.9 Å². The number of carbonyl (C=O) groups excluding carboxylic acids is 2. The molecule has 4 aromatic rings. The van der Waals surface area contributed by atoms with Crippen molar-refractivity contribution in [3.8, 4) is 0 Å². The van der Waals surface area contributed by atoms with Crippen LogP contribution in [0.5, 0.6) is 0 Å². The Morgan fingerprint density at radius 1 is 0.703 bits per heavy atom. The fourth-order valence-electron chi connectivity index (χ4n) is 5.56. The summed E-state index contributed by atoms with van der Waals surface area (Å²) in [6.45, 7) is 3.21. The quantitative estimate of drug-likeness (QED) is 0.367. The highest BCUT2D eigenvalue weighted by molar-refractivity contribution is 6.08. The molecule has 0 aromatic heterocycles. The molecule has 2 aliphatic heterocycles. The van der Waals surface area contributed by atoms with Crippen LogP contribution in [0.3, 0.4) is 0 Å². The second kappa shape index (κ2) is 10.1. The molecule has 0 aliphatic carbocycles. The first-order valence-corrected chi connectivity index (χ1v) is 13.2. The fourth-order valence-corrected chi connectivity index (χ4v) is 5.56. The van der Waals surface area contributed by atoms with Gasteiger partial charge in [0.25, 0.3) is 11.8 Å². The number of nitrogens with zero attached hydrogens (tertiary/aromatic N) is 2. The van der Waals surface area contributed by atoms with Crippen LogP contribution in [0, 0.1) is 0 Å². The molecule has 1 saturated heterocycles. The molecule has 6 rings (SSSR count). The van der Waals surface area contributed by atoms with Crippen LogP contribution in [-0.4, -0.2) is 36.3 Å². The van der Waals surface area contributed by atoms with Gasteiger partial charge in [-0.2, -0.15) is 0 Å². The monoisotopic (exact) mass is 489 g/mol. The molecule has 5 nitrogen and oxygen atoms in total. The first-order valence-electron chi connectivity index (χ1n) is 13.2. The lowest BCUT2D eigenvalue weighted by Crippen LogP contribution is -2.38. The first-order chi connectivity index (χ1) is 18.2. The van der Waals surface area contributed by atoms with Gasteiger partial charge >= 0.3 is 0 Å². The predicted molar refractivity (Wildman–Crippen MR) is 149 cm³/mol. The highest BCUT2D eigenvalue weighted by Gasteiger charge is 2.26. The van der Waals surface area contributed by atoms with Crippen molar-refractivity contribution in [3.05, 3.63) is 107 Å². The molecular weight excluding hydrogens is 458 g/mol. The maximum atomic E-state index is 13.7. The van der Waals surface area contributed by atoms with Crippen LogP contribution >= 0.6 is 0 Å². The number of benzene rings is 4. The molecule has 0 saturated carbocycles. The Labute approximate surface area is 217 Å². The summed E-state index contributed by atoms with van der Waals surface area (Å²) < 4.78 is 0. The SMILES string of the molecule is O=C(Nc1ccc(N2CCc3ccccc3C2)c(C(=O)N2CCCCC2)c1)c1ccc2ccccc2c1.